The van der Waals surface area contributed by atoms with E-state index in [1.54, 1.807) is 6.20 Å². The lowest BCUT2D eigenvalue weighted by atomic mass is 10.2. The minimum atomic E-state index is -0.349. The Hall–Kier alpha value is -2.74. The van der Waals surface area contributed by atoms with Crippen molar-refractivity contribution in [2.45, 2.75) is 12.5 Å². The maximum Gasteiger partial charge on any atom is 0.340 e. The molecular weight excluding hydrogens is 282 g/mol. The highest BCUT2D eigenvalue weighted by Gasteiger charge is 2.17. The summed E-state index contributed by atoms with van der Waals surface area (Å²) in [6.45, 7) is 1.90. The lowest BCUT2D eigenvalue weighted by Gasteiger charge is -2.14. The minimum absolute atomic E-state index is 0.325. The molecule has 1 saturated heterocycles. The number of fused-ring (bicyclic) bond motifs is 1. The van der Waals surface area contributed by atoms with Gasteiger partial charge >= 0.3 is 5.69 Å². The van der Waals surface area contributed by atoms with Gasteiger partial charge in [0.15, 0.2) is 11.6 Å². The van der Waals surface area contributed by atoms with Crippen LogP contribution in [0.2, 0.25) is 0 Å². The topological polar surface area (TPSA) is 111 Å². The smallest absolute Gasteiger partial charge is 0.340 e. The van der Waals surface area contributed by atoms with Gasteiger partial charge in [0.1, 0.15) is 11.2 Å². The van der Waals surface area contributed by atoms with Gasteiger partial charge in [0, 0.05) is 24.2 Å². The molecule has 8 heteroatoms. The van der Waals surface area contributed by atoms with Crippen molar-refractivity contribution in [1.29, 1.82) is 0 Å². The van der Waals surface area contributed by atoms with E-state index in [1.807, 2.05) is 18.2 Å². The van der Waals surface area contributed by atoms with Gasteiger partial charge in [0.2, 0.25) is 0 Å². The zero-order valence-electron chi connectivity index (χ0n) is 11.8. The third kappa shape index (κ3) is 2.33. The van der Waals surface area contributed by atoms with E-state index < -0.39 is 0 Å². The fourth-order valence-corrected chi connectivity index (χ4v) is 2.67. The Morgan fingerprint density at radius 3 is 3.09 bits per heavy atom. The van der Waals surface area contributed by atoms with Gasteiger partial charge < -0.3 is 10.6 Å². The number of hydrogen-bond acceptors (Lipinski definition) is 6. The Labute approximate surface area is 125 Å². The molecule has 0 amide bonds. The minimum Gasteiger partial charge on any atom is -0.364 e. The first-order valence-electron chi connectivity index (χ1n) is 7.18. The number of anilines is 1. The van der Waals surface area contributed by atoms with Crippen LogP contribution in [0.5, 0.6) is 0 Å². The first-order valence-corrected chi connectivity index (χ1v) is 7.18. The second-order valence-corrected chi connectivity index (χ2v) is 5.29. The lowest BCUT2D eigenvalue weighted by Crippen LogP contribution is -2.23. The number of hydrogen-bond donors (Lipinski definition) is 4. The van der Waals surface area contributed by atoms with Crippen molar-refractivity contribution in [2.24, 2.45) is 0 Å². The van der Waals surface area contributed by atoms with Crippen molar-refractivity contribution < 1.29 is 0 Å². The monoisotopic (exact) mass is 297 g/mol. The quantitative estimate of drug-likeness (QED) is 0.559. The molecule has 0 aromatic carbocycles. The number of aromatic nitrogens is 5. The second-order valence-electron chi connectivity index (χ2n) is 5.29. The van der Waals surface area contributed by atoms with Crippen LogP contribution >= 0.6 is 0 Å². The first kappa shape index (κ1) is 13.0. The number of H-pyrrole nitrogens is 2. The zero-order valence-corrected chi connectivity index (χ0v) is 11.8. The van der Waals surface area contributed by atoms with Crippen LogP contribution in [-0.4, -0.2) is 44.3 Å². The van der Waals surface area contributed by atoms with E-state index in [9.17, 15) is 4.79 Å². The van der Waals surface area contributed by atoms with Crippen LogP contribution in [-0.2, 0) is 0 Å². The Kier molecular flexibility index (Phi) is 3.08. The second kappa shape index (κ2) is 5.23. The van der Waals surface area contributed by atoms with Crippen LogP contribution in [0.4, 0.5) is 5.82 Å². The molecule has 1 aliphatic heterocycles. The molecule has 1 atom stereocenters. The van der Waals surface area contributed by atoms with Crippen LogP contribution in [0.1, 0.15) is 6.42 Å². The van der Waals surface area contributed by atoms with E-state index in [0.717, 1.165) is 30.4 Å². The van der Waals surface area contributed by atoms with Gasteiger partial charge in [-0.3, -0.25) is 9.97 Å². The predicted molar refractivity (Wildman–Crippen MR) is 82.6 cm³/mol. The number of aromatic amines is 2. The van der Waals surface area contributed by atoms with Gasteiger partial charge in [-0.2, -0.15) is 5.10 Å². The molecule has 1 unspecified atom stereocenters. The van der Waals surface area contributed by atoms with Gasteiger partial charge in [-0.25, -0.2) is 14.9 Å². The van der Waals surface area contributed by atoms with Crippen LogP contribution in [0.25, 0.3) is 22.4 Å². The van der Waals surface area contributed by atoms with Crippen LogP contribution < -0.4 is 16.3 Å². The highest BCUT2D eigenvalue weighted by atomic mass is 16.1. The van der Waals surface area contributed by atoms with Crippen LogP contribution in [0.3, 0.4) is 0 Å². The summed E-state index contributed by atoms with van der Waals surface area (Å²) in [4.78, 5) is 22.9. The third-order valence-electron chi connectivity index (χ3n) is 3.73. The third-order valence-corrected chi connectivity index (χ3v) is 3.73. The fraction of sp³-hybridized carbons (Fsp3) is 0.286. The summed E-state index contributed by atoms with van der Waals surface area (Å²) >= 11 is 0. The first-order chi connectivity index (χ1) is 10.8. The van der Waals surface area contributed by atoms with E-state index in [4.69, 9.17) is 0 Å². The number of nitrogens with one attached hydrogen (secondary N) is 4. The molecule has 3 aromatic heterocycles. The van der Waals surface area contributed by atoms with Crippen LogP contribution in [0, 0.1) is 0 Å². The summed E-state index contributed by atoms with van der Waals surface area (Å²) in [7, 11) is 0. The molecule has 22 heavy (non-hydrogen) atoms. The molecule has 0 radical (unpaired) electrons. The van der Waals surface area contributed by atoms with Crippen molar-refractivity contribution in [3.63, 3.8) is 0 Å². The molecule has 4 rings (SSSR count). The number of nitrogens with zero attached hydrogens (tertiary/aromatic N) is 3. The number of pyridine rings is 2. The van der Waals surface area contributed by atoms with Crippen LogP contribution in [0.15, 0.2) is 29.2 Å². The Morgan fingerprint density at radius 1 is 1.36 bits per heavy atom. The summed E-state index contributed by atoms with van der Waals surface area (Å²) in [5, 5.41) is 14.0. The van der Waals surface area contributed by atoms with E-state index >= 15 is 0 Å². The summed E-state index contributed by atoms with van der Waals surface area (Å²) < 4.78 is 0. The zero-order chi connectivity index (χ0) is 14.9. The fourth-order valence-electron chi connectivity index (χ4n) is 2.67. The summed E-state index contributed by atoms with van der Waals surface area (Å²) in [6.07, 6.45) is 2.79. The van der Waals surface area contributed by atoms with Crippen molar-refractivity contribution in [3.8, 4) is 11.5 Å². The normalized spacial score (nSPS) is 17.9. The largest absolute Gasteiger partial charge is 0.364 e. The summed E-state index contributed by atoms with van der Waals surface area (Å²) in [5.41, 5.74) is 1.07. The molecule has 1 fully saturated rings. The maximum atomic E-state index is 11.3. The van der Waals surface area contributed by atoms with Gasteiger partial charge in [-0.15, -0.1) is 0 Å². The molecular formula is C14H15N7O. The van der Waals surface area contributed by atoms with Crippen molar-refractivity contribution in [2.75, 3.05) is 18.4 Å². The maximum absolute atomic E-state index is 11.3. The van der Waals surface area contributed by atoms with Gasteiger partial charge in [-0.05, 0) is 25.1 Å². The molecule has 0 aliphatic carbocycles. The SMILES string of the molecule is O=c1[nH]nc(-c2cc3cccnc3c(NC3CCNC3)n2)[nH]1. The van der Waals surface area contributed by atoms with E-state index in [0.29, 0.717) is 23.4 Å². The van der Waals surface area contributed by atoms with E-state index in [2.05, 4.69) is 35.8 Å². The lowest BCUT2D eigenvalue weighted by molar-refractivity contribution is 0.789. The predicted octanol–water partition coefficient (Wildman–Crippen LogP) is 0.482. The Balaban J connectivity index is 1.83. The average Bonchev–Trinajstić information content (AvgIpc) is 3.19. The van der Waals surface area contributed by atoms with Crippen molar-refractivity contribution in [1.82, 2.24) is 30.5 Å². The standard InChI is InChI=1S/C14H15N7O/c22-14-19-12(20-21-14)10-6-8-2-1-4-16-11(8)13(18-10)17-9-3-5-15-7-9/h1-2,4,6,9,15H,3,5,7H2,(H,17,18)(H2,19,20,21,22). The molecule has 0 spiro atoms. The van der Waals surface area contributed by atoms with Gasteiger partial charge in [0.05, 0.1) is 0 Å². The van der Waals surface area contributed by atoms with E-state index in [-0.39, 0.29) is 5.69 Å². The molecule has 4 heterocycles. The Morgan fingerprint density at radius 2 is 2.32 bits per heavy atom. The van der Waals surface area contributed by atoms with Gasteiger partial charge in [-0.1, -0.05) is 6.07 Å². The van der Waals surface area contributed by atoms with Gasteiger partial charge in [0.25, 0.3) is 0 Å². The van der Waals surface area contributed by atoms with Crippen molar-refractivity contribution >= 4 is 16.7 Å². The Bertz CT molecular complexity index is 863. The molecule has 4 N–H and O–H groups in total. The molecule has 3 aromatic rings. The summed E-state index contributed by atoms with van der Waals surface area (Å²) in [5.74, 6) is 1.13. The highest BCUT2D eigenvalue weighted by Crippen LogP contribution is 2.25. The molecule has 0 saturated carbocycles. The molecule has 112 valence electrons. The van der Waals surface area contributed by atoms with E-state index in [1.165, 1.54) is 0 Å². The summed E-state index contributed by atoms with van der Waals surface area (Å²) in [6, 6.07) is 6.04. The molecule has 0 bridgehead atoms. The van der Waals surface area contributed by atoms with Crippen molar-refractivity contribution in [3.05, 3.63) is 34.9 Å². The number of rotatable bonds is 3. The molecule has 8 nitrogen and oxygen atoms in total. The average molecular weight is 297 g/mol. The highest BCUT2D eigenvalue weighted by molar-refractivity contribution is 5.90. The molecule has 1 aliphatic rings.